The fourth-order valence-electron chi connectivity index (χ4n) is 3.00. The molecule has 23 heavy (non-hydrogen) atoms. The standard InChI is InChI=1S/C15H20F3N3O2/c16-15(17,18)13-3-4-19-14(20-13)9-11-1-2-12(23-11)10-21-5-7-22-8-6-21/h3-4,11-12H,1-2,5-10H2/t11-,12+/m0/s1. The van der Waals surface area contributed by atoms with Crippen molar-refractivity contribution in [2.45, 2.75) is 37.6 Å². The van der Waals surface area contributed by atoms with Crippen molar-refractivity contribution in [1.29, 1.82) is 0 Å². The number of alkyl halides is 3. The number of hydrogen-bond donors (Lipinski definition) is 0. The smallest absolute Gasteiger partial charge is 0.379 e. The summed E-state index contributed by atoms with van der Waals surface area (Å²) in [6, 6.07) is 0.889. The van der Waals surface area contributed by atoms with Gasteiger partial charge in [-0.15, -0.1) is 0 Å². The zero-order valence-electron chi connectivity index (χ0n) is 12.8. The Balaban J connectivity index is 1.51. The van der Waals surface area contributed by atoms with Gasteiger partial charge in [-0.3, -0.25) is 4.90 Å². The van der Waals surface area contributed by atoms with Crippen LogP contribution in [0.5, 0.6) is 0 Å². The average molecular weight is 331 g/mol. The fourth-order valence-corrected chi connectivity index (χ4v) is 3.00. The Hall–Kier alpha value is -1.25. The van der Waals surface area contributed by atoms with Gasteiger partial charge >= 0.3 is 6.18 Å². The van der Waals surface area contributed by atoms with Crippen LogP contribution in [-0.2, 0) is 22.1 Å². The maximum absolute atomic E-state index is 12.7. The third kappa shape index (κ3) is 4.62. The second-order valence-electron chi connectivity index (χ2n) is 5.93. The molecule has 0 amide bonds. The predicted octanol–water partition coefficient (Wildman–Crippen LogP) is 1.92. The number of hydrogen-bond acceptors (Lipinski definition) is 5. The van der Waals surface area contributed by atoms with Crippen LogP contribution in [0.2, 0.25) is 0 Å². The molecule has 0 bridgehead atoms. The van der Waals surface area contributed by atoms with Crippen LogP contribution in [0.3, 0.4) is 0 Å². The molecule has 8 heteroatoms. The largest absolute Gasteiger partial charge is 0.433 e. The maximum Gasteiger partial charge on any atom is 0.433 e. The Labute approximate surface area is 132 Å². The predicted molar refractivity (Wildman–Crippen MR) is 75.9 cm³/mol. The number of nitrogens with zero attached hydrogens (tertiary/aromatic N) is 3. The number of rotatable bonds is 4. The van der Waals surface area contributed by atoms with Crippen molar-refractivity contribution in [3.05, 3.63) is 23.8 Å². The molecule has 0 spiro atoms. The van der Waals surface area contributed by atoms with E-state index in [0.717, 1.165) is 58.0 Å². The first-order valence-electron chi connectivity index (χ1n) is 7.85. The maximum atomic E-state index is 12.7. The second kappa shape index (κ2) is 7.11. The normalized spacial score (nSPS) is 26.6. The summed E-state index contributed by atoms with van der Waals surface area (Å²) in [5.74, 6) is 0.192. The highest BCUT2D eigenvalue weighted by molar-refractivity contribution is 5.07. The van der Waals surface area contributed by atoms with Crippen molar-refractivity contribution < 1.29 is 22.6 Å². The van der Waals surface area contributed by atoms with Gasteiger partial charge in [0.05, 0.1) is 25.4 Å². The molecule has 0 radical (unpaired) electrons. The SMILES string of the molecule is FC(F)(F)c1ccnc(C[C@@H]2CC[C@H](CN3CCOCC3)O2)n1. The van der Waals surface area contributed by atoms with Crippen LogP contribution in [0.25, 0.3) is 0 Å². The van der Waals surface area contributed by atoms with Crippen LogP contribution in [0, 0.1) is 0 Å². The first-order chi connectivity index (χ1) is 11.0. The quantitative estimate of drug-likeness (QED) is 0.844. The first kappa shape index (κ1) is 16.6. The van der Waals surface area contributed by atoms with Crippen LogP contribution < -0.4 is 0 Å². The van der Waals surface area contributed by atoms with E-state index in [0.29, 0.717) is 6.42 Å². The van der Waals surface area contributed by atoms with Gasteiger partial charge < -0.3 is 9.47 Å². The minimum absolute atomic E-state index is 0.107. The van der Waals surface area contributed by atoms with Crippen molar-refractivity contribution in [2.75, 3.05) is 32.8 Å². The third-order valence-corrected chi connectivity index (χ3v) is 4.17. The molecule has 2 aliphatic heterocycles. The molecule has 0 N–H and O–H groups in total. The highest BCUT2D eigenvalue weighted by atomic mass is 19.4. The van der Waals surface area contributed by atoms with Gasteiger partial charge in [-0.2, -0.15) is 13.2 Å². The number of aromatic nitrogens is 2. The van der Waals surface area contributed by atoms with Crippen LogP contribution in [0.4, 0.5) is 13.2 Å². The van der Waals surface area contributed by atoms with Crippen LogP contribution in [0.15, 0.2) is 12.3 Å². The van der Waals surface area contributed by atoms with Gasteiger partial charge in [-0.1, -0.05) is 0 Å². The molecular weight excluding hydrogens is 311 g/mol. The number of ether oxygens (including phenoxy) is 2. The minimum Gasteiger partial charge on any atom is -0.379 e. The van der Waals surface area contributed by atoms with Gasteiger partial charge in [0.1, 0.15) is 11.5 Å². The van der Waals surface area contributed by atoms with Gasteiger partial charge in [0.15, 0.2) is 0 Å². The Kier molecular flexibility index (Phi) is 5.13. The number of halogens is 3. The van der Waals surface area contributed by atoms with Gasteiger partial charge in [-0.25, -0.2) is 9.97 Å². The first-order valence-corrected chi connectivity index (χ1v) is 7.85. The molecule has 2 aliphatic rings. The zero-order valence-corrected chi connectivity index (χ0v) is 12.8. The summed E-state index contributed by atoms with van der Waals surface area (Å²) in [4.78, 5) is 9.85. The van der Waals surface area contributed by atoms with Crippen LogP contribution in [-0.4, -0.2) is 59.9 Å². The summed E-state index contributed by atoms with van der Waals surface area (Å²) >= 11 is 0. The molecule has 0 aromatic carbocycles. The molecule has 2 saturated heterocycles. The Morgan fingerprint density at radius 3 is 2.65 bits per heavy atom. The molecule has 0 saturated carbocycles. The lowest BCUT2D eigenvalue weighted by atomic mass is 10.1. The minimum atomic E-state index is -4.44. The molecule has 3 heterocycles. The van der Waals surface area contributed by atoms with E-state index in [1.165, 1.54) is 0 Å². The Morgan fingerprint density at radius 2 is 1.91 bits per heavy atom. The monoisotopic (exact) mass is 331 g/mol. The highest BCUT2D eigenvalue weighted by Crippen LogP contribution is 2.28. The molecule has 2 fully saturated rings. The van der Waals surface area contributed by atoms with Crippen LogP contribution in [0.1, 0.15) is 24.4 Å². The second-order valence-corrected chi connectivity index (χ2v) is 5.93. The Morgan fingerprint density at radius 1 is 1.17 bits per heavy atom. The summed E-state index contributed by atoms with van der Waals surface area (Å²) < 4.78 is 49.3. The van der Waals surface area contributed by atoms with E-state index in [2.05, 4.69) is 14.9 Å². The van der Waals surface area contributed by atoms with Crippen LogP contribution >= 0.6 is 0 Å². The molecule has 3 rings (SSSR count). The molecule has 2 atom stereocenters. The number of morpholine rings is 1. The summed E-state index contributed by atoms with van der Waals surface area (Å²) in [5.41, 5.74) is -0.898. The molecule has 128 valence electrons. The van der Waals surface area contributed by atoms with Crippen molar-refractivity contribution >= 4 is 0 Å². The summed E-state index contributed by atoms with van der Waals surface area (Å²) in [6.07, 6.45) is -1.19. The molecule has 0 aliphatic carbocycles. The van der Waals surface area contributed by atoms with E-state index < -0.39 is 11.9 Å². The van der Waals surface area contributed by atoms with Crippen molar-refractivity contribution in [1.82, 2.24) is 14.9 Å². The van der Waals surface area contributed by atoms with Gasteiger partial charge in [0.2, 0.25) is 0 Å². The van der Waals surface area contributed by atoms with E-state index >= 15 is 0 Å². The van der Waals surface area contributed by atoms with Gasteiger partial charge in [0.25, 0.3) is 0 Å². The van der Waals surface area contributed by atoms with E-state index in [9.17, 15) is 13.2 Å². The van der Waals surface area contributed by atoms with Crippen molar-refractivity contribution in [3.63, 3.8) is 0 Å². The zero-order chi connectivity index (χ0) is 16.3. The lowest BCUT2D eigenvalue weighted by Gasteiger charge is -2.28. The average Bonchev–Trinajstić information content (AvgIpc) is 2.95. The highest BCUT2D eigenvalue weighted by Gasteiger charge is 2.33. The third-order valence-electron chi connectivity index (χ3n) is 4.17. The van der Waals surface area contributed by atoms with Gasteiger partial charge in [-0.05, 0) is 18.9 Å². The lowest BCUT2D eigenvalue weighted by molar-refractivity contribution is -0.141. The van der Waals surface area contributed by atoms with E-state index in [4.69, 9.17) is 9.47 Å². The van der Waals surface area contributed by atoms with E-state index in [-0.39, 0.29) is 18.0 Å². The molecule has 5 nitrogen and oxygen atoms in total. The van der Waals surface area contributed by atoms with Crippen molar-refractivity contribution in [2.24, 2.45) is 0 Å². The van der Waals surface area contributed by atoms with Gasteiger partial charge in [0, 0.05) is 32.3 Å². The molecule has 1 aromatic heterocycles. The molecular formula is C15H20F3N3O2. The van der Waals surface area contributed by atoms with E-state index in [1.54, 1.807) is 0 Å². The molecule has 0 unspecified atom stereocenters. The summed E-state index contributed by atoms with van der Waals surface area (Å²) in [6.45, 7) is 4.15. The topological polar surface area (TPSA) is 47.5 Å². The van der Waals surface area contributed by atoms with E-state index in [1.807, 2.05) is 0 Å². The molecule has 1 aromatic rings. The summed E-state index contributed by atoms with van der Waals surface area (Å²) in [7, 11) is 0. The summed E-state index contributed by atoms with van der Waals surface area (Å²) in [5, 5.41) is 0. The van der Waals surface area contributed by atoms with Crippen molar-refractivity contribution in [3.8, 4) is 0 Å². The fraction of sp³-hybridized carbons (Fsp3) is 0.733. The Bertz CT molecular complexity index is 521. The lowest BCUT2D eigenvalue weighted by Crippen LogP contribution is -2.41.